The largest absolute Gasteiger partial charge is 0.341 e. The molecule has 20 heavy (non-hydrogen) atoms. The first kappa shape index (κ1) is 12.0. The van der Waals surface area contributed by atoms with Gasteiger partial charge in [0.15, 0.2) is 5.65 Å². The lowest BCUT2D eigenvalue weighted by Gasteiger charge is -2.04. The van der Waals surface area contributed by atoms with Gasteiger partial charge >= 0.3 is 0 Å². The van der Waals surface area contributed by atoms with Gasteiger partial charge in [0.05, 0.1) is 6.33 Å². The van der Waals surface area contributed by atoms with Gasteiger partial charge in [0.2, 0.25) is 0 Å². The second kappa shape index (κ2) is 4.68. The lowest BCUT2D eigenvalue weighted by atomic mass is 10.4. The second-order valence-electron chi connectivity index (χ2n) is 4.54. The third-order valence-electron chi connectivity index (χ3n) is 3.02. The molecule has 0 aromatic carbocycles. The number of H-pyrrole nitrogens is 1. The van der Waals surface area contributed by atoms with Crippen LogP contribution < -0.4 is 0 Å². The molecule has 8 heteroatoms. The van der Waals surface area contributed by atoms with Crippen LogP contribution in [0.1, 0.15) is 24.6 Å². The summed E-state index contributed by atoms with van der Waals surface area (Å²) >= 11 is 7.51. The van der Waals surface area contributed by atoms with Gasteiger partial charge in [0.1, 0.15) is 32.9 Å². The van der Waals surface area contributed by atoms with Crippen molar-refractivity contribution in [2.45, 2.75) is 28.8 Å². The van der Waals surface area contributed by atoms with Crippen LogP contribution in [-0.4, -0.2) is 29.9 Å². The van der Waals surface area contributed by atoms with Crippen LogP contribution in [0.5, 0.6) is 0 Å². The molecule has 0 unspecified atom stereocenters. The first-order chi connectivity index (χ1) is 9.79. The predicted molar refractivity (Wildman–Crippen MR) is 74.8 cm³/mol. The van der Waals surface area contributed by atoms with Crippen LogP contribution in [-0.2, 0) is 0 Å². The number of fused-ring (bicyclic) bond motifs is 1. The summed E-state index contributed by atoms with van der Waals surface area (Å²) < 4.78 is 0. The molecule has 0 radical (unpaired) electrons. The minimum atomic E-state index is 0.464. The third-order valence-corrected chi connectivity index (χ3v) is 4.14. The number of halogens is 1. The van der Waals surface area contributed by atoms with Crippen molar-refractivity contribution in [2.24, 2.45) is 0 Å². The van der Waals surface area contributed by atoms with E-state index in [1.54, 1.807) is 12.4 Å². The van der Waals surface area contributed by atoms with Crippen molar-refractivity contribution in [3.05, 3.63) is 29.7 Å². The Hall–Kier alpha value is -1.73. The zero-order valence-electron chi connectivity index (χ0n) is 10.2. The standard InChI is InChI=1S/C12H9ClN6S/c13-7-3-8(19-10(18-7)6-1-2-6)20-12-9-11(15-4-14-9)16-5-17-12/h3-6H,1-2H2,(H,14,15,16,17). The van der Waals surface area contributed by atoms with Gasteiger partial charge in [-0.1, -0.05) is 11.6 Å². The van der Waals surface area contributed by atoms with Crippen molar-refractivity contribution < 1.29 is 0 Å². The lowest BCUT2D eigenvalue weighted by molar-refractivity contribution is 0.877. The maximum Gasteiger partial charge on any atom is 0.181 e. The lowest BCUT2D eigenvalue weighted by Crippen LogP contribution is -1.95. The molecule has 3 aromatic heterocycles. The van der Waals surface area contributed by atoms with Gasteiger partial charge in [-0.2, -0.15) is 0 Å². The van der Waals surface area contributed by atoms with E-state index in [4.69, 9.17) is 11.6 Å². The second-order valence-corrected chi connectivity index (χ2v) is 5.94. The SMILES string of the molecule is Clc1cc(Sc2ncnc3nc[nH]c23)nc(C2CC2)n1. The molecule has 1 N–H and O–H groups in total. The summed E-state index contributed by atoms with van der Waals surface area (Å²) in [6.45, 7) is 0. The molecule has 4 rings (SSSR count). The van der Waals surface area contributed by atoms with E-state index >= 15 is 0 Å². The van der Waals surface area contributed by atoms with Crippen molar-refractivity contribution in [2.75, 3.05) is 0 Å². The van der Waals surface area contributed by atoms with Crippen LogP contribution in [0.2, 0.25) is 5.15 Å². The molecule has 100 valence electrons. The van der Waals surface area contributed by atoms with Gasteiger partial charge in [0.25, 0.3) is 0 Å². The van der Waals surface area contributed by atoms with Crippen molar-refractivity contribution in [3.63, 3.8) is 0 Å². The summed E-state index contributed by atoms with van der Waals surface area (Å²) in [7, 11) is 0. The minimum Gasteiger partial charge on any atom is -0.341 e. The molecular formula is C12H9ClN6S. The molecule has 1 aliphatic rings. The molecule has 6 nitrogen and oxygen atoms in total. The van der Waals surface area contributed by atoms with Crippen LogP contribution in [0.3, 0.4) is 0 Å². The minimum absolute atomic E-state index is 0.464. The smallest absolute Gasteiger partial charge is 0.181 e. The van der Waals surface area contributed by atoms with Crippen LogP contribution in [0.25, 0.3) is 11.2 Å². The number of aromatic nitrogens is 6. The summed E-state index contributed by atoms with van der Waals surface area (Å²) in [5.41, 5.74) is 1.45. The first-order valence-electron chi connectivity index (χ1n) is 6.16. The molecule has 0 saturated heterocycles. The van der Waals surface area contributed by atoms with Gasteiger partial charge in [0, 0.05) is 12.0 Å². The molecule has 1 fully saturated rings. The fourth-order valence-corrected chi connectivity index (χ4v) is 3.02. The Morgan fingerprint density at radius 1 is 1.20 bits per heavy atom. The van der Waals surface area contributed by atoms with Crippen molar-refractivity contribution >= 4 is 34.5 Å². The van der Waals surface area contributed by atoms with Gasteiger partial charge in [-0.25, -0.2) is 24.9 Å². The molecule has 0 spiro atoms. The van der Waals surface area contributed by atoms with E-state index in [2.05, 4.69) is 29.9 Å². The van der Waals surface area contributed by atoms with E-state index in [1.165, 1.54) is 18.1 Å². The van der Waals surface area contributed by atoms with E-state index in [-0.39, 0.29) is 0 Å². The number of rotatable bonds is 3. The molecule has 0 aliphatic heterocycles. The highest BCUT2D eigenvalue weighted by Crippen LogP contribution is 2.39. The van der Waals surface area contributed by atoms with E-state index in [9.17, 15) is 0 Å². The van der Waals surface area contributed by atoms with Crippen molar-refractivity contribution in [1.82, 2.24) is 29.9 Å². The Kier molecular flexibility index (Phi) is 2.82. The normalized spacial score (nSPS) is 14.8. The molecule has 1 aliphatic carbocycles. The number of aromatic amines is 1. The van der Waals surface area contributed by atoms with Crippen LogP contribution in [0.15, 0.2) is 28.8 Å². The maximum atomic E-state index is 6.07. The molecular weight excluding hydrogens is 296 g/mol. The zero-order chi connectivity index (χ0) is 13.5. The molecule has 3 aromatic rings. The molecule has 3 heterocycles. The Bertz CT molecular complexity index is 784. The van der Waals surface area contributed by atoms with Crippen LogP contribution >= 0.6 is 23.4 Å². The highest BCUT2D eigenvalue weighted by Gasteiger charge is 2.27. The van der Waals surface area contributed by atoms with E-state index in [1.807, 2.05) is 0 Å². The quantitative estimate of drug-likeness (QED) is 0.749. The molecule has 0 atom stereocenters. The third kappa shape index (κ3) is 2.23. The van der Waals surface area contributed by atoms with Gasteiger partial charge < -0.3 is 4.98 Å². The Morgan fingerprint density at radius 2 is 2.10 bits per heavy atom. The summed E-state index contributed by atoms with van der Waals surface area (Å²) in [6, 6.07) is 1.75. The maximum absolute atomic E-state index is 6.07. The van der Waals surface area contributed by atoms with E-state index in [0.29, 0.717) is 16.7 Å². The van der Waals surface area contributed by atoms with Crippen LogP contribution in [0.4, 0.5) is 0 Å². The number of nitrogens with one attached hydrogen (secondary N) is 1. The molecule has 0 amide bonds. The fourth-order valence-electron chi connectivity index (χ4n) is 1.91. The Morgan fingerprint density at radius 3 is 2.95 bits per heavy atom. The number of hydrogen-bond donors (Lipinski definition) is 1. The Balaban J connectivity index is 1.73. The summed E-state index contributed by atoms with van der Waals surface area (Å²) in [5, 5.41) is 2.05. The highest BCUT2D eigenvalue weighted by molar-refractivity contribution is 7.99. The van der Waals surface area contributed by atoms with Crippen LogP contribution in [0, 0.1) is 0 Å². The zero-order valence-corrected chi connectivity index (χ0v) is 11.8. The summed E-state index contributed by atoms with van der Waals surface area (Å²) in [6.07, 6.45) is 5.38. The summed E-state index contributed by atoms with van der Waals surface area (Å²) in [5.74, 6) is 1.29. The fraction of sp³-hybridized carbons (Fsp3) is 0.250. The van der Waals surface area contributed by atoms with Gasteiger partial charge in [-0.3, -0.25) is 0 Å². The molecule has 1 saturated carbocycles. The Labute approximate surface area is 123 Å². The van der Waals surface area contributed by atoms with E-state index < -0.39 is 0 Å². The van der Waals surface area contributed by atoms with Gasteiger partial charge in [-0.05, 0) is 24.6 Å². The highest BCUT2D eigenvalue weighted by atomic mass is 35.5. The number of nitrogens with zero attached hydrogens (tertiary/aromatic N) is 5. The number of imidazole rings is 1. The average molecular weight is 305 g/mol. The topological polar surface area (TPSA) is 80.2 Å². The van der Waals surface area contributed by atoms with Crippen molar-refractivity contribution in [3.8, 4) is 0 Å². The monoisotopic (exact) mass is 304 g/mol. The van der Waals surface area contributed by atoms with Crippen molar-refractivity contribution in [1.29, 1.82) is 0 Å². The van der Waals surface area contributed by atoms with E-state index in [0.717, 1.165) is 34.2 Å². The predicted octanol–water partition coefficient (Wildman–Crippen LogP) is 2.82. The average Bonchev–Trinajstić information content (AvgIpc) is 3.17. The first-order valence-corrected chi connectivity index (χ1v) is 7.35. The number of hydrogen-bond acceptors (Lipinski definition) is 6. The van der Waals surface area contributed by atoms with Gasteiger partial charge in [-0.15, -0.1) is 0 Å². The molecule has 0 bridgehead atoms. The summed E-state index contributed by atoms with van der Waals surface area (Å²) in [4.78, 5) is 24.4.